The Hall–Kier alpha value is -1.83. The first-order chi connectivity index (χ1) is 11.8. The minimum atomic E-state index is 0. The first-order valence-electron chi connectivity index (χ1n) is 7.99. The van der Waals surface area contributed by atoms with Gasteiger partial charge in [-0.05, 0) is 25.0 Å². The number of hydrogen-bond acceptors (Lipinski definition) is 6. The van der Waals surface area contributed by atoms with Gasteiger partial charge in [-0.15, -0.1) is 0 Å². The number of nitrogens with zero attached hydrogens (tertiary/aromatic N) is 5. The molecule has 3 aromatic heterocycles. The smallest absolute Gasteiger partial charge is 0.542 e. The van der Waals surface area contributed by atoms with Crippen LogP contribution in [0.3, 0.4) is 0 Å². The van der Waals surface area contributed by atoms with Crippen LogP contribution in [0.2, 0.25) is 0 Å². The van der Waals surface area contributed by atoms with E-state index >= 15 is 0 Å². The van der Waals surface area contributed by atoms with Crippen molar-refractivity contribution in [3.8, 4) is 11.4 Å². The predicted octanol–water partition coefficient (Wildman–Crippen LogP) is -0.339. The standard InChI is InChI=1S/C15H16N6.C2H3O.Na/c1-2-4-11(3-1)18-15-16-8-5-12(20-15)13-7-10-21-14(19-13)6-9-17-21;1-2-3;/h5-11H,1-4H2,(H,16,18,20);1H3;/q;-1;+1. The Labute approximate surface area is 168 Å². The molecular formula is C17H19N6NaO. The van der Waals surface area contributed by atoms with E-state index in [1.165, 1.54) is 38.9 Å². The SMILES string of the molecule is C[C-]=O.[Na+].c1cc(-c2ccn3nccc3n2)nc(NC2CCCC2)n1. The molecule has 1 aliphatic carbocycles. The van der Waals surface area contributed by atoms with Crippen LogP contribution in [0.4, 0.5) is 5.95 Å². The summed E-state index contributed by atoms with van der Waals surface area (Å²) in [5.74, 6) is 0.689. The molecule has 25 heavy (non-hydrogen) atoms. The average Bonchev–Trinajstić information content (AvgIpc) is 3.26. The Bertz CT molecular complexity index is 816. The van der Waals surface area contributed by atoms with Gasteiger partial charge in [0.25, 0.3) is 0 Å². The molecule has 0 spiro atoms. The van der Waals surface area contributed by atoms with Crippen LogP contribution in [0.15, 0.2) is 36.8 Å². The molecule has 0 amide bonds. The zero-order chi connectivity index (χ0) is 16.8. The molecule has 1 aliphatic rings. The summed E-state index contributed by atoms with van der Waals surface area (Å²) in [7, 11) is 0. The molecule has 1 fully saturated rings. The van der Waals surface area contributed by atoms with Crippen molar-refractivity contribution in [2.24, 2.45) is 0 Å². The van der Waals surface area contributed by atoms with Gasteiger partial charge in [0.15, 0.2) is 5.65 Å². The fourth-order valence-corrected chi connectivity index (χ4v) is 2.78. The molecule has 1 saturated carbocycles. The molecule has 0 radical (unpaired) electrons. The van der Waals surface area contributed by atoms with Crippen LogP contribution in [-0.2, 0) is 4.79 Å². The number of carbonyl (C=O) groups excluding carboxylic acids is 1. The molecule has 3 aromatic rings. The van der Waals surface area contributed by atoms with Gasteiger partial charge in [0.1, 0.15) is 0 Å². The van der Waals surface area contributed by atoms with E-state index in [9.17, 15) is 0 Å². The minimum absolute atomic E-state index is 0. The predicted molar refractivity (Wildman–Crippen MR) is 91.3 cm³/mol. The molecule has 1 N–H and O–H groups in total. The Morgan fingerprint density at radius 1 is 1.12 bits per heavy atom. The Balaban J connectivity index is 0.000000528. The van der Waals surface area contributed by atoms with Crippen LogP contribution >= 0.6 is 0 Å². The van der Waals surface area contributed by atoms with Crippen molar-refractivity contribution in [2.75, 3.05) is 5.32 Å². The molecule has 4 rings (SSSR count). The van der Waals surface area contributed by atoms with Gasteiger partial charge in [-0.2, -0.15) is 12.0 Å². The summed E-state index contributed by atoms with van der Waals surface area (Å²) in [5.41, 5.74) is 2.48. The molecular weight excluding hydrogens is 327 g/mol. The topological polar surface area (TPSA) is 85.1 Å². The normalized spacial score (nSPS) is 13.6. The Kier molecular flexibility index (Phi) is 7.49. The minimum Gasteiger partial charge on any atom is -0.542 e. The van der Waals surface area contributed by atoms with Gasteiger partial charge in [-0.25, -0.2) is 19.5 Å². The van der Waals surface area contributed by atoms with Crippen molar-refractivity contribution in [3.05, 3.63) is 36.8 Å². The van der Waals surface area contributed by atoms with E-state index in [2.05, 4.69) is 25.4 Å². The number of aromatic nitrogens is 5. The number of fused-ring (bicyclic) bond motifs is 1. The van der Waals surface area contributed by atoms with Gasteiger partial charge < -0.3 is 10.1 Å². The third kappa shape index (κ3) is 5.07. The molecule has 0 aliphatic heterocycles. The number of hydrogen-bond donors (Lipinski definition) is 1. The summed E-state index contributed by atoms with van der Waals surface area (Å²) in [5, 5.41) is 7.56. The second-order valence-electron chi connectivity index (χ2n) is 5.54. The van der Waals surface area contributed by atoms with Crippen molar-refractivity contribution >= 4 is 17.9 Å². The van der Waals surface area contributed by atoms with Crippen molar-refractivity contribution in [1.82, 2.24) is 24.6 Å². The number of anilines is 1. The second-order valence-corrected chi connectivity index (χ2v) is 5.54. The zero-order valence-electron chi connectivity index (χ0n) is 14.5. The van der Waals surface area contributed by atoms with Crippen LogP contribution < -0.4 is 34.9 Å². The maximum atomic E-state index is 8.68. The monoisotopic (exact) mass is 346 g/mol. The Morgan fingerprint density at radius 2 is 1.84 bits per heavy atom. The zero-order valence-corrected chi connectivity index (χ0v) is 16.5. The van der Waals surface area contributed by atoms with Gasteiger partial charge in [0, 0.05) is 24.5 Å². The van der Waals surface area contributed by atoms with Crippen LogP contribution in [0.25, 0.3) is 17.0 Å². The summed E-state index contributed by atoms with van der Waals surface area (Å²) in [6.45, 7) is 1.32. The van der Waals surface area contributed by atoms with E-state index in [0.29, 0.717) is 12.0 Å². The fraction of sp³-hybridized carbons (Fsp3) is 0.353. The summed E-state index contributed by atoms with van der Waals surface area (Å²) >= 11 is 0. The van der Waals surface area contributed by atoms with Crippen molar-refractivity contribution in [1.29, 1.82) is 0 Å². The van der Waals surface area contributed by atoms with E-state index in [4.69, 9.17) is 4.79 Å². The quantitative estimate of drug-likeness (QED) is 0.516. The maximum absolute atomic E-state index is 8.68. The molecule has 0 saturated heterocycles. The molecule has 0 unspecified atom stereocenters. The van der Waals surface area contributed by atoms with Gasteiger partial charge >= 0.3 is 29.6 Å². The van der Waals surface area contributed by atoms with Crippen LogP contribution in [0.5, 0.6) is 0 Å². The van der Waals surface area contributed by atoms with E-state index < -0.39 is 0 Å². The summed E-state index contributed by atoms with van der Waals surface area (Å²) < 4.78 is 1.74. The number of rotatable bonds is 3. The summed E-state index contributed by atoms with van der Waals surface area (Å²) in [4.78, 5) is 22.1. The molecule has 124 valence electrons. The molecule has 3 heterocycles. The molecule has 0 aromatic carbocycles. The number of nitrogens with one attached hydrogen (secondary N) is 1. The first kappa shape index (κ1) is 19.5. The van der Waals surface area contributed by atoms with Gasteiger partial charge in [-0.3, -0.25) is 6.29 Å². The third-order valence-electron chi connectivity index (χ3n) is 3.86. The molecule has 0 bridgehead atoms. The van der Waals surface area contributed by atoms with E-state index in [1.54, 1.807) is 16.9 Å². The Morgan fingerprint density at radius 3 is 2.60 bits per heavy atom. The fourth-order valence-electron chi connectivity index (χ4n) is 2.78. The second kappa shape index (κ2) is 9.60. The van der Waals surface area contributed by atoms with Gasteiger partial charge in [0.2, 0.25) is 5.95 Å². The third-order valence-corrected chi connectivity index (χ3v) is 3.86. The van der Waals surface area contributed by atoms with Crippen LogP contribution in [-0.4, -0.2) is 36.9 Å². The van der Waals surface area contributed by atoms with E-state index in [0.717, 1.165) is 17.0 Å². The van der Waals surface area contributed by atoms with Gasteiger partial charge in [0.05, 0.1) is 17.6 Å². The van der Waals surface area contributed by atoms with Crippen molar-refractivity contribution < 1.29 is 34.4 Å². The summed E-state index contributed by atoms with van der Waals surface area (Å²) in [6.07, 6.45) is 11.9. The van der Waals surface area contributed by atoms with E-state index in [1.807, 2.05) is 24.4 Å². The summed E-state index contributed by atoms with van der Waals surface area (Å²) in [6, 6.07) is 6.18. The van der Waals surface area contributed by atoms with E-state index in [-0.39, 0.29) is 29.6 Å². The average molecular weight is 346 g/mol. The van der Waals surface area contributed by atoms with Crippen LogP contribution in [0.1, 0.15) is 32.6 Å². The first-order valence-corrected chi connectivity index (χ1v) is 7.99. The molecule has 8 heteroatoms. The van der Waals surface area contributed by atoms with Crippen molar-refractivity contribution in [2.45, 2.75) is 38.6 Å². The van der Waals surface area contributed by atoms with Crippen molar-refractivity contribution in [3.63, 3.8) is 0 Å². The van der Waals surface area contributed by atoms with Gasteiger partial charge in [-0.1, -0.05) is 12.8 Å². The molecule has 0 atom stereocenters. The maximum Gasteiger partial charge on any atom is 1.00 e. The van der Waals surface area contributed by atoms with Crippen LogP contribution in [0, 0.1) is 0 Å². The largest absolute Gasteiger partial charge is 1.00 e. The molecule has 7 nitrogen and oxygen atoms in total.